The Morgan fingerprint density at radius 1 is 1.09 bits per heavy atom. The third-order valence-corrected chi connectivity index (χ3v) is 6.41. The summed E-state index contributed by atoms with van der Waals surface area (Å²) in [4.78, 5) is 8.49. The predicted molar refractivity (Wildman–Crippen MR) is 115 cm³/mol. The molecule has 3 heterocycles. The number of aliphatic hydroxyl groups is 1. The van der Waals surface area contributed by atoms with Crippen molar-refractivity contribution in [1.29, 1.82) is 0 Å². The molecule has 0 amide bonds. The molecule has 5 nitrogen and oxygen atoms in total. The third-order valence-electron chi connectivity index (χ3n) is 6.41. The Morgan fingerprint density at radius 3 is 2.62 bits per heavy atom. The first-order valence-corrected chi connectivity index (χ1v) is 11.2. The topological polar surface area (TPSA) is 48.8 Å². The van der Waals surface area contributed by atoms with Gasteiger partial charge in [-0.3, -0.25) is 14.8 Å². The normalized spacial score (nSPS) is 19.8. The van der Waals surface area contributed by atoms with Gasteiger partial charge in [0.2, 0.25) is 0 Å². The van der Waals surface area contributed by atoms with E-state index in [1.165, 1.54) is 0 Å². The first-order valence-electron chi connectivity index (χ1n) is 11.2. The number of nitrogens with zero attached hydrogens (tertiary/aromatic N) is 3. The maximum atomic E-state index is 12.5. The van der Waals surface area contributed by atoms with Crippen LogP contribution in [0.5, 0.6) is 5.75 Å². The monoisotopic (exact) mass is 449 g/mol. The summed E-state index contributed by atoms with van der Waals surface area (Å²) in [5.74, 6) is 0.816. The summed E-state index contributed by atoms with van der Waals surface area (Å²) in [6.07, 6.45) is -0.00165. The zero-order valence-corrected chi connectivity index (χ0v) is 18.2. The number of likely N-dealkylation sites (tertiary alicyclic amines) is 1. The number of piperidine rings is 1. The molecular weight excluding hydrogens is 419 g/mol. The molecule has 32 heavy (non-hydrogen) atoms. The highest BCUT2D eigenvalue weighted by molar-refractivity contribution is 5.38. The molecule has 1 aromatic heterocycles. The van der Waals surface area contributed by atoms with Gasteiger partial charge in [-0.2, -0.15) is 13.2 Å². The maximum Gasteiger partial charge on any atom is 0.389 e. The van der Waals surface area contributed by atoms with E-state index in [9.17, 15) is 18.3 Å². The zero-order chi connectivity index (χ0) is 22.6. The molecular formula is C24H30F3N3O2. The quantitative estimate of drug-likeness (QED) is 0.720. The SMILES string of the molecule is OC1(c2cccnc2)CCN(Cc2ccc3c(c2)CN(CCCC(F)(F)F)CCO3)CC1. The summed E-state index contributed by atoms with van der Waals surface area (Å²) in [5, 5.41) is 11.0. The molecule has 8 heteroatoms. The van der Waals surface area contributed by atoms with Crippen molar-refractivity contribution in [3.8, 4) is 5.75 Å². The van der Waals surface area contributed by atoms with Crippen LogP contribution in [0.15, 0.2) is 42.7 Å². The van der Waals surface area contributed by atoms with Gasteiger partial charge in [0.05, 0.1) is 5.60 Å². The molecule has 0 unspecified atom stereocenters. The van der Waals surface area contributed by atoms with Crippen molar-refractivity contribution in [2.24, 2.45) is 0 Å². The number of pyridine rings is 1. The van der Waals surface area contributed by atoms with Crippen molar-refractivity contribution in [2.45, 2.75) is 50.6 Å². The largest absolute Gasteiger partial charge is 0.492 e. The van der Waals surface area contributed by atoms with E-state index in [2.05, 4.69) is 22.0 Å². The molecule has 4 rings (SSSR count). The van der Waals surface area contributed by atoms with Crippen LogP contribution in [-0.2, 0) is 18.7 Å². The number of hydrogen-bond acceptors (Lipinski definition) is 5. The summed E-state index contributed by atoms with van der Waals surface area (Å²) < 4.78 is 43.3. The summed E-state index contributed by atoms with van der Waals surface area (Å²) in [6.45, 7) is 4.45. The lowest BCUT2D eigenvalue weighted by Gasteiger charge is -2.38. The van der Waals surface area contributed by atoms with Crippen LogP contribution in [0, 0.1) is 0 Å². The average molecular weight is 450 g/mol. The second-order valence-electron chi connectivity index (χ2n) is 8.83. The Balaban J connectivity index is 1.34. The van der Waals surface area contributed by atoms with Crippen molar-refractivity contribution in [3.05, 3.63) is 59.4 Å². The van der Waals surface area contributed by atoms with Crippen LogP contribution >= 0.6 is 0 Å². The van der Waals surface area contributed by atoms with Crippen LogP contribution in [0.4, 0.5) is 13.2 Å². The van der Waals surface area contributed by atoms with Crippen molar-refractivity contribution < 1.29 is 23.0 Å². The Hall–Kier alpha value is -2.16. The van der Waals surface area contributed by atoms with E-state index in [1.54, 1.807) is 12.4 Å². The molecule has 0 atom stereocenters. The van der Waals surface area contributed by atoms with Gasteiger partial charge in [-0.1, -0.05) is 12.1 Å². The third kappa shape index (κ3) is 5.99. The summed E-state index contributed by atoms with van der Waals surface area (Å²) in [6, 6.07) is 9.92. The highest BCUT2D eigenvalue weighted by Gasteiger charge is 2.34. The van der Waals surface area contributed by atoms with Crippen molar-refractivity contribution in [3.63, 3.8) is 0 Å². The van der Waals surface area contributed by atoms with E-state index in [-0.39, 0.29) is 6.42 Å². The number of alkyl halides is 3. The van der Waals surface area contributed by atoms with Crippen molar-refractivity contribution in [2.75, 3.05) is 32.8 Å². The highest BCUT2D eigenvalue weighted by atomic mass is 19.4. The van der Waals surface area contributed by atoms with Gasteiger partial charge < -0.3 is 9.84 Å². The van der Waals surface area contributed by atoms with Crippen LogP contribution in [0.3, 0.4) is 0 Å². The minimum absolute atomic E-state index is 0.103. The molecule has 1 saturated heterocycles. The number of rotatable bonds is 6. The average Bonchev–Trinajstić information content (AvgIpc) is 2.97. The molecule has 0 radical (unpaired) electrons. The summed E-state index contributed by atoms with van der Waals surface area (Å²) >= 11 is 0. The highest BCUT2D eigenvalue weighted by Crippen LogP contribution is 2.33. The maximum absolute atomic E-state index is 12.5. The van der Waals surface area contributed by atoms with Crippen LogP contribution in [0.2, 0.25) is 0 Å². The number of aromatic nitrogens is 1. The van der Waals surface area contributed by atoms with E-state index < -0.39 is 18.2 Å². The van der Waals surface area contributed by atoms with E-state index in [1.807, 2.05) is 23.1 Å². The summed E-state index contributed by atoms with van der Waals surface area (Å²) in [7, 11) is 0. The molecule has 2 aliphatic rings. The van der Waals surface area contributed by atoms with Crippen molar-refractivity contribution >= 4 is 0 Å². The fraction of sp³-hybridized carbons (Fsp3) is 0.542. The van der Waals surface area contributed by atoms with E-state index in [4.69, 9.17) is 4.74 Å². The Bertz CT molecular complexity index is 884. The Kier molecular flexibility index (Phi) is 7.02. The Labute approximate surface area is 186 Å². The van der Waals surface area contributed by atoms with Crippen molar-refractivity contribution in [1.82, 2.24) is 14.8 Å². The molecule has 2 aliphatic heterocycles. The van der Waals surface area contributed by atoms with Gasteiger partial charge in [0, 0.05) is 62.7 Å². The second kappa shape index (κ2) is 9.77. The predicted octanol–water partition coefficient (Wildman–Crippen LogP) is 4.10. The van der Waals surface area contributed by atoms with E-state index >= 15 is 0 Å². The molecule has 1 fully saturated rings. The lowest BCUT2D eigenvalue weighted by molar-refractivity contribution is -0.136. The molecule has 174 valence electrons. The fourth-order valence-corrected chi connectivity index (χ4v) is 4.56. The number of ether oxygens (including phenoxy) is 1. The minimum Gasteiger partial charge on any atom is -0.492 e. The second-order valence-corrected chi connectivity index (χ2v) is 8.83. The first kappa shape index (κ1) is 23.0. The molecule has 2 aromatic rings. The van der Waals surface area contributed by atoms with Crippen LogP contribution in [0.25, 0.3) is 0 Å². The number of halogens is 3. The van der Waals surface area contributed by atoms with Gasteiger partial charge in [0.25, 0.3) is 0 Å². The molecule has 1 N–H and O–H groups in total. The van der Waals surface area contributed by atoms with Gasteiger partial charge in [0.1, 0.15) is 12.4 Å². The van der Waals surface area contributed by atoms with E-state index in [0.717, 1.165) is 42.1 Å². The van der Waals surface area contributed by atoms with Gasteiger partial charge >= 0.3 is 6.18 Å². The molecule has 0 aliphatic carbocycles. The van der Waals surface area contributed by atoms with Gasteiger partial charge in [-0.15, -0.1) is 0 Å². The standard InChI is InChI=1S/C24H30F3N3O2/c25-24(26,27)6-2-10-29-13-14-32-22-5-4-19(15-20(22)18-29)17-30-11-7-23(31,8-12-30)21-3-1-9-28-16-21/h1,3-5,9,15-16,31H,2,6-8,10-14,17-18H2. The van der Waals surface area contributed by atoms with Gasteiger partial charge in [-0.25, -0.2) is 0 Å². The molecule has 0 bridgehead atoms. The lowest BCUT2D eigenvalue weighted by Crippen LogP contribution is -2.42. The summed E-state index contributed by atoms with van der Waals surface area (Å²) in [5.41, 5.74) is 2.21. The molecule has 0 spiro atoms. The van der Waals surface area contributed by atoms with E-state index in [0.29, 0.717) is 39.1 Å². The molecule has 1 aromatic carbocycles. The number of benzene rings is 1. The van der Waals surface area contributed by atoms with Crippen LogP contribution < -0.4 is 4.74 Å². The number of hydrogen-bond donors (Lipinski definition) is 1. The minimum atomic E-state index is -4.11. The number of fused-ring (bicyclic) bond motifs is 1. The van der Waals surface area contributed by atoms with Gasteiger partial charge in [0.15, 0.2) is 0 Å². The first-order chi connectivity index (χ1) is 15.3. The lowest BCUT2D eigenvalue weighted by atomic mass is 9.85. The Morgan fingerprint density at radius 2 is 1.91 bits per heavy atom. The zero-order valence-electron chi connectivity index (χ0n) is 18.2. The fourth-order valence-electron chi connectivity index (χ4n) is 4.56. The molecule has 0 saturated carbocycles. The van der Waals surface area contributed by atoms with Crippen LogP contribution in [0.1, 0.15) is 42.4 Å². The smallest absolute Gasteiger partial charge is 0.389 e. The van der Waals surface area contributed by atoms with Crippen LogP contribution in [-0.4, -0.2) is 58.9 Å². The van der Waals surface area contributed by atoms with Gasteiger partial charge in [-0.05, 0) is 49.6 Å².